The Bertz CT molecular complexity index is 521. The predicted octanol–water partition coefficient (Wildman–Crippen LogP) is 3.11. The maximum atomic E-state index is 7.42. The molecule has 0 radical (unpaired) electrons. The molecule has 3 heteroatoms. The topological polar surface area (TPSA) is 45.4 Å². The van der Waals surface area contributed by atoms with E-state index in [1.54, 1.807) is 7.11 Å². The highest BCUT2D eigenvalue weighted by Crippen LogP contribution is 2.46. The van der Waals surface area contributed by atoms with Gasteiger partial charge in [-0.1, -0.05) is 6.07 Å². The number of hydrogen-bond donors (Lipinski definition) is 1. The van der Waals surface area contributed by atoms with E-state index in [0.29, 0.717) is 0 Å². The van der Waals surface area contributed by atoms with E-state index in [-0.39, 0.29) is 5.54 Å². The van der Waals surface area contributed by atoms with Crippen LogP contribution >= 0.6 is 0 Å². The number of nitrogens with one attached hydrogen (secondary N) is 1. The third-order valence-electron chi connectivity index (χ3n) is 4.17. The van der Waals surface area contributed by atoms with Crippen molar-refractivity contribution in [1.29, 1.82) is 5.41 Å². The summed E-state index contributed by atoms with van der Waals surface area (Å²) < 4.78 is 5.29. The highest BCUT2D eigenvalue weighted by molar-refractivity contribution is 6.29. The highest BCUT2D eigenvalue weighted by atomic mass is 16.5. The van der Waals surface area contributed by atoms with Gasteiger partial charge in [0.1, 0.15) is 5.75 Å². The number of aryl methyl sites for hydroxylation is 1. The number of methoxy groups -OCH3 is 1. The molecule has 94 valence electrons. The van der Waals surface area contributed by atoms with Gasteiger partial charge in [0.25, 0.3) is 0 Å². The van der Waals surface area contributed by atoms with E-state index in [2.05, 4.69) is 12.1 Å². The summed E-state index contributed by atoms with van der Waals surface area (Å²) in [4.78, 5) is 4.86. The molecule has 1 heterocycles. The van der Waals surface area contributed by atoms with Gasteiger partial charge in [0.2, 0.25) is 0 Å². The van der Waals surface area contributed by atoms with Crippen molar-refractivity contribution in [3.63, 3.8) is 0 Å². The van der Waals surface area contributed by atoms with Crippen LogP contribution in [0.25, 0.3) is 0 Å². The Morgan fingerprint density at radius 1 is 1.33 bits per heavy atom. The minimum absolute atomic E-state index is 0.0489. The average molecular weight is 242 g/mol. The summed E-state index contributed by atoms with van der Waals surface area (Å²) in [6, 6.07) is 6.33. The first kappa shape index (κ1) is 11.5. The number of benzene rings is 1. The van der Waals surface area contributed by atoms with Gasteiger partial charge in [0.05, 0.1) is 18.4 Å². The van der Waals surface area contributed by atoms with Crippen molar-refractivity contribution in [3.8, 4) is 5.75 Å². The summed E-state index contributed by atoms with van der Waals surface area (Å²) in [5.74, 6) is 0.929. The summed E-state index contributed by atoms with van der Waals surface area (Å²) in [7, 11) is 1.71. The summed E-state index contributed by atoms with van der Waals surface area (Å²) in [5.41, 5.74) is 3.61. The fraction of sp³-hybridized carbons (Fsp3) is 0.467. The highest BCUT2D eigenvalue weighted by Gasteiger charge is 2.39. The molecule has 1 N–H and O–H groups in total. The van der Waals surface area contributed by atoms with Gasteiger partial charge in [-0.2, -0.15) is 0 Å². The molecule has 2 aliphatic rings. The predicted molar refractivity (Wildman–Crippen MR) is 73.1 cm³/mol. The van der Waals surface area contributed by atoms with Crippen LogP contribution in [0.4, 0.5) is 0 Å². The molecule has 0 fully saturated rings. The zero-order chi connectivity index (χ0) is 12.6. The summed E-state index contributed by atoms with van der Waals surface area (Å²) >= 11 is 0. The molecule has 1 spiro atoms. The zero-order valence-electron chi connectivity index (χ0n) is 10.7. The van der Waals surface area contributed by atoms with Gasteiger partial charge in [0.15, 0.2) is 0 Å². The van der Waals surface area contributed by atoms with Crippen molar-refractivity contribution in [2.45, 2.75) is 37.6 Å². The van der Waals surface area contributed by atoms with Crippen molar-refractivity contribution in [2.75, 3.05) is 7.11 Å². The molecule has 1 aromatic rings. The summed E-state index contributed by atoms with van der Waals surface area (Å²) in [5, 5.41) is 7.42. The molecule has 1 aliphatic heterocycles. The molecule has 0 bridgehead atoms. The minimum Gasteiger partial charge on any atom is -0.497 e. The molecule has 0 saturated carbocycles. The largest absolute Gasteiger partial charge is 0.497 e. The monoisotopic (exact) mass is 242 g/mol. The van der Waals surface area contributed by atoms with Crippen molar-refractivity contribution >= 4 is 11.9 Å². The molecule has 18 heavy (non-hydrogen) atoms. The van der Waals surface area contributed by atoms with Crippen LogP contribution in [0.5, 0.6) is 5.75 Å². The Kier molecular flexibility index (Phi) is 2.69. The number of aliphatic imine (C=N–C) groups is 1. The standard InChI is InChI=1S/C15H18N2O/c1-18-13-4-5-14-11(9-13)6-8-15(14)7-2-3-12(10-16)17-15/h4-5,9-10,16H,2-3,6-8H2,1H3. The van der Waals surface area contributed by atoms with Crippen LogP contribution in [0.1, 0.15) is 36.8 Å². The second kappa shape index (κ2) is 4.23. The Labute approximate surface area is 107 Å². The molecular weight excluding hydrogens is 224 g/mol. The number of rotatable bonds is 2. The maximum absolute atomic E-state index is 7.42. The van der Waals surface area contributed by atoms with Gasteiger partial charge < -0.3 is 10.1 Å². The quantitative estimate of drug-likeness (QED) is 0.796. The first-order valence-corrected chi connectivity index (χ1v) is 6.54. The van der Waals surface area contributed by atoms with Crippen molar-refractivity contribution in [3.05, 3.63) is 29.3 Å². The van der Waals surface area contributed by atoms with Gasteiger partial charge >= 0.3 is 0 Å². The molecule has 1 aromatic carbocycles. The van der Waals surface area contributed by atoms with Crippen molar-refractivity contribution in [2.24, 2.45) is 4.99 Å². The van der Waals surface area contributed by atoms with Gasteiger partial charge in [-0.05, 0) is 55.4 Å². The van der Waals surface area contributed by atoms with Crippen LogP contribution in [0.3, 0.4) is 0 Å². The second-order valence-corrected chi connectivity index (χ2v) is 5.16. The number of fused-ring (bicyclic) bond motifs is 2. The van der Waals surface area contributed by atoms with Crippen molar-refractivity contribution < 1.29 is 4.74 Å². The van der Waals surface area contributed by atoms with E-state index in [4.69, 9.17) is 15.1 Å². The first-order chi connectivity index (χ1) is 8.77. The van der Waals surface area contributed by atoms with E-state index < -0.39 is 0 Å². The first-order valence-electron chi connectivity index (χ1n) is 6.54. The normalized spacial score (nSPS) is 25.7. The zero-order valence-corrected chi connectivity index (χ0v) is 10.7. The van der Waals surface area contributed by atoms with Gasteiger partial charge in [-0.25, -0.2) is 0 Å². The van der Waals surface area contributed by atoms with Gasteiger partial charge in [-0.3, -0.25) is 4.99 Å². The van der Waals surface area contributed by atoms with Crippen molar-refractivity contribution in [1.82, 2.24) is 0 Å². The second-order valence-electron chi connectivity index (χ2n) is 5.16. The molecule has 0 saturated heterocycles. The molecule has 3 nitrogen and oxygen atoms in total. The summed E-state index contributed by atoms with van der Waals surface area (Å²) in [6.45, 7) is 0. The third-order valence-corrected chi connectivity index (χ3v) is 4.17. The van der Waals surface area contributed by atoms with Crippen LogP contribution in [-0.2, 0) is 12.0 Å². The van der Waals surface area contributed by atoms with Crippen LogP contribution in [0, 0.1) is 5.41 Å². The lowest BCUT2D eigenvalue weighted by atomic mass is 9.84. The lowest BCUT2D eigenvalue weighted by Crippen LogP contribution is -2.27. The number of hydrogen-bond acceptors (Lipinski definition) is 3. The van der Waals surface area contributed by atoms with Crippen LogP contribution in [0.2, 0.25) is 0 Å². The number of nitrogens with zero attached hydrogens (tertiary/aromatic N) is 1. The lowest BCUT2D eigenvalue weighted by Gasteiger charge is -2.30. The molecule has 1 atom stereocenters. The van der Waals surface area contributed by atoms with Gasteiger partial charge in [0, 0.05) is 6.21 Å². The van der Waals surface area contributed by atoms with E-state index in [0.717, 1.165) is 43.6 Å². The Morgan fingerprint density at radius 3 is 3.00 bits per heavy atom. The van der Waals surface area contributed by atoms with E-state index in [1.165, 1.54) is 17.3 Å². The maximum Gasteiger partial charge on any atom is 0.119 e. The SMILES string of the molecule is COc1ccc2c(c1)CCC21CCCC(C=N)=N1. The van der Waals surface area contributed by atoms with E-state index in [1.807, 2.05) is 6.07 Å². The van der Waals surface area contributed by atoms with Crippen LogP contribution in [-0.4, -0.2) is 19.0 Å². The Balaban J connectivity index is 2.06. The van der Waals surface area contributed by atoms with Crippen LogP contribution in [0.15, 0.2) is 23.2 Å². The third kappa shape index (κ3) is 1.65. The van der Waals surface area contributed by atoms with Crippen LogP contribution < -0.4 is 4.74 Å². The molecular formula is C15H18N2O. The summed E-state index contributed by atoms with van der Waals surface area (Å²) in [6.07, 6.45) is 6.77. The molecule has 0 aromatic heterocycles. The lowest BCUT2D eigenvalue weighted by molar-refractivity contribution is 0.386. The number of ether oxygens (including phenoxy) is 1. The fourth-order valence-corrected chi connectivity index (χ4v) is 3.26. The van der Waals surface area contributed by atoms with Gasteiger partial charge in [-0.15, -0.1) is 0 Å². The molecule has 1 unspecified atom stereocenters. The smallest absolute Gasteiger partial charge is 0.119 e. The Morgan fingerprint density at radius 2 is 2.22 bits per heavy atom. The van der Waals surface area contributed by atoms with E-state index in [9.17, 15) is 0 Å². The van der Waals surface area contributed by atoms with E-state index >= 15 is 0 Å². The fourth-order valence-electron chi connectivity index (χ4n) is 3.26. The average Bonchev–Trinajstić information content (AvgIpc) is 2.77. The molecule has 3 rings (SSSR count). The minimum atomic E-state index is -0.0489. The molecule has 1 aliphatic carbocycles. The molecule has 0 amide bonds. The Hall–Kier alpha value is -1.64.